The van der Waals surface area contributed by atoms with Crippen molar-refractivity contribution in [2.24, 2.45) is 0 Å². The van der Waals surface area contributed by atoms with Crippen LogP contribution in [0.5, 0.6) is 0 Å². The van der Waals surface area contributed by atoms with E-state index in [2.05, 4.69) is 124 Å². The summed E-state index contributed by atoms with van der Waals surface area (Å²) in [6, 6.07) is 0.292. The van der Waals surface area contributed by atoms with Crippen LogP contribution in [0.2, 0.25) is 0 Å². The molecule has 0 heterocycles. The van der Waals surface area contributed by atoms with Gasteiger partial charge in [-0.3, -0.25) is 15.1 Å². The van der Waals surface area contributed by atoms with Gasteiger partial charge in [0.25, 0.3) is 0 Å². The molecule has 1 atom stereocenters. The van der Waals surface area contributed by atoms with Crippen LogP contribution in [0.3, 0.4) is 0 Å². The predicted octanol–water partition coefficient (Wildman–Crippen LogP) is 7.78. The lowest BCUT2D eigenvalue weighted by Crippen LogP contribution is -2.86. The van der Waals surface area contributed by atoms with Crippen LogP contribution in [-0.2, 0) is 0 Å². The quantitative estimate of drug-likeness (QED) is 0.195. The van der Waals surface area contributed by atoms with Crippen molar-refractivity contribution in [2.45, 2.75) is 183 Å². The molecule has 0 bridgehead atoms. The summed E-state index contributed by atoms with van der Waals surface area (Å²) in [5.74, 6) is -0.360. The highest BCUT2D eigenvalue weighted by atomic mass is 15.6. The van der Waals surface area contributed by atoms with Crippen LogP contribution in [0.4, 0.5) is 0 Å². The Morgan fingerprint density at radius 1 is 0.529 bits per heavy atom. The first-order chi connectivity index (χ1) is 15.3. The van der Waals surface area contributed by atoms with Crippen molar-refractivity contribution in [1.29, 1.82) is 0 Å². The summed E-state index contributed by atoms with van der Waals surface area (Å²) in [5, 5.41) is 8.17. The van der Waals surface area contributed by atoms with Crippen molar-refractivity contribution in [1.82, 2.24) is 20.4 Å². The molecule has 1 unspecified atom stereocenters. The van der Waals surface area contributed by atoms with E-state index in [4.69, 9.17) is 0 Å². The van der Waals surface area contributed by atoms with Crippen LogP contribution in [0.25, 0.3) is 0 Å². The van der Waals surface area contributed by atoms with Crippen LogP contribution < -0.4 is 10.6 Å². The Hall–Kier alpha value is -0.160. The average molecular weight is 483 g/mol. The van der Waals surface area contributed by atoms with Gasteiger partial charge in [-0.2, -0.15) is 0 Å². The second-order valence-electron chi connectivity index (χ2n) is 14.3. The first-order valence-electron chi connectivity index (χ1n) is 14.4. The molecule has 0 amide bonds. The Labute approximate surface area is 216 Å². The smallest absolute Gasteiger partial charge is 0.146 e. The highest BCUT2D eigenvalue weighted by Gasteiger charge is 2.59. The van der Waals surface area contributed by atoms with Gasteiger partial charge in [-0.05, 0) is 103 Å². The Morgan fingerprint density at radius 3 is 1.24 bits per heavy atom. The van der Waals surface area contributed by atoms with E-state index in [1.807, 2.05) is 0 Å². The number of likely N-dealkylation sites (N-methyl/N-ethyl adjacent to an activating group) is 2. The van der Waals surface area contributed by atoms with Crippen molar-refractivity contribution < 1.29 is 0 Å². The minimum atomic E-state index is -0.360. The van der Waals surface area contributed by atoms with Gasteiger partial charge >= 0.3 is 0 Å². The number of unbranched alkanes of at least 4 members (excludes halogenated alkanes) is 5. The average Bonchev–Trinajstić information content (AvgIpc) is 2.58. The van der Waals surface area contributed by atoms with Gasteiger partial charge in [0.2, 0.25) is 0 Å². The third-order valence-corrected chi connectivity index (χ3v) is 6.58. The number of rotatable bonds is 14. The van der Waals surface area contributed by atoms with E-state index >= 15 is 0 Å². The van der Waals surface area contributed by atoms with Crippen LogP contribution in [0.1, 0.15) is 149 Å². The first kappa shape index (κ1) is 33.8. The Balaban J connectivity index is 7.00. The first-order valence-corrected chi connectivity index (χ1v) is 14.4. The normalized spacial score (nSPS) is 15.4. The van der Waals surface area contributed by atoms with Gasteiger partial charge in [-0.1, -0.05) is 59.3 Å². The second-order valence-corrected chi connectivity index (χ2v) is 14.3. The standard InChI is InChI=1S/C30H66N4/c1-16-19-20-21-22-23-24-25(31-17-2)30(32-18-3,33(26(4,5)6)27(7,8)9)34(28(10,11)12)29(13,14)15/h25,31-32H,16-24H2,1-15H3. The zero-order chi connectivity index (χ0) is 27.0. The fraction of sp³-hybridized carbons (Fsp3) is 1.00. The lowest BCUT2D eigenvalue weighted by Gasteiger charge is -2.68. The molecule has 206 valence electrons. The molecule has 0 aromatic carbocycles. The largest absolute Gasteiger partial charge is 0.310 e. The monoisotopic (exact) mass is 483 g/mol. The van der Waals surface area contributed by atoms with Gasteiger partial charge in [0.15, 0.2) is 0 Å². The summed E-state index contributed by atoms with van der Waals surface area (Å²) in [6.07, 6.45) is 9.14. The molecule has 0 rings (SSSR count). The molecule has 0 aromatic heterocycles. The minimum Gasteiger partial charge on any atom is -0.310 e. The molecule has 34 heavy (non-hydrogen) atoms. The van der Waals surface area contributed by atoms with Gasteiger partial charge < -0.3 is 5.32 Å². The molecule has 0 radical (unpaired) electrons. The van der Waals surface area contributed by atoms with Crippen molar-refractivity contribution in [3.05, 3.63) is 0 Å². The third-order valence-electron chi connectivity index (χ3n) is 6.58. The number of hydrogen-bond acceptors (Lipinski definition) is 4. The maximum atomic E-state index is 4.16. The molecule has 0 aliphatic carbocycles. The summed E-state index contributed by atoms with van der Waals surface area (Å²) < 4.78 is 0. The maximum Gasteiger partial charge on any atom is 0.146 e. The van der Waals surface area contributed by atoms with Crippen molar-refractivity contribution in [3.63, 3.8) is 0 Å². The molecular formula is C30H66N4. The molecular weight excluding hydrogens is 416 g/mol. The Morgan fingerprint density at radius 2 is 0.912 bits per heavy atom. The summed E-state index contributed by atoms with van der Waals surface area (Å²) in [5.41, 5.74) is -0.151. The number of hydrogen-bond donors (Lipinski definition) is 2. The third kappa shape index (κ3) is 9.37. The molecule has 2 N–H and O–H groups in total. The van der Waals surface area contributed by atoms with Crippen molar-refractivity contribution in [3.8, 4) is 0 Å². The summed E-state index contributed by atoms with van der Waals surface area (Å²) in [6.45, 7) is 37.4. The zero-order valence-corrected chi connectivity index (χ0v) is 26.3. The molecule has 0 aromatic rings. The predicted molar refractivity (Wildman–Crippen MR) is 155 cm³/mol. The summed E-state index contributed by atoms with van der Waals surface area (Å²) in [4.78, 5) is 5.58. The molecule has 0 aliphatic rings. The topological polar surface area (TPSA) is 30.5 Å². The molecule has 0 saturated heterocycles. The van der Waals surface area contributed by atoms with Crippen molar-refractivity contribution in [2.75, 3.05) is 13.1 Å². The van der Waals surface area contributed by atoms with Gasteiger partial charge in [0.05, 0.1) is 6.04 Å². The fourth-order valence-corrected chi connectivity index (χ4v) is 6.83. The Bertz CT molecular complexity index is 482. The Kier molecular flexibility index (Phi) is 13.3. The molecule has 4 heteroatoms. The fourth-order valence-electron chi connectivity index (χ4n) is 6.83. The van der Waals surface area contributed by atoms with E-state index < -0.39 is 0 Å². The van der Waals surface area contributed by atoms with E-state index in [0.29, 0.717) is 6.04 Å². The van der Waals surface area contributed by atoms with E-state index in [1.54, 1.807) is 0 Å². The van der Waals surface area contributed by atoms with Crippen molar-refractivity contribution >= 4 is 0 Å². The van der Waals surface area contributed by atoms with Crippen LogP contribution in [0, 0.1) is 0 Å². The highest BCUT2D eigenvalue weighted by Crippen LogP contribution is 2.44. The number of nitrogens with one attached hydrogen (secondary N) is 2. The second kappa shape index (κ2) is 13.4. The molecule has 0 aliphatic heterocycles. The van der Waals surface area contributed by atoms with E-state index in [0.717, 1.165) is 19.5 Å². The molecule has 4 nitrogen and oxygen atoms in total. The van der Waals surface area contributed by atoms with Crippen LogP contribution >= 0.6 is 0 Å². The lowest BCUT2D eigenvalue weighted by atomic mass is 9.82. The zero-order valence-electron chi connectivity index (χ0n) is 26.3. The van der Waals surface area contributed by atoms with E-state index in [-0.39, 0.29) is 27.9 Å². The highest BCUT2D eigenvalue weighted by molar-refractivity contribution is 5.11. The molecule has 0 fully saturated rings. The maximum absolute atomic E-state index is 4.16. The van der Waals surface area contributed by atoms with Gasteiger partial charge in [-0.15, -0.1) is 0 Å². The van der Waals surface area contributed by atoms with Gasteiger partial charge in [0, 0.05) is 22.2 Å². The molecule has 0 spiro atoms. The van der Waals surface area contributed by atoms with Gasteiger partial charge in [-0.25, -0.2) is 0 Å². The summed E-state index contributed by atoms with van der Waals surface area (Å²) >= 11 is 0. The summed E-state index contributed by atoms with van der Waals surface area (Å²) in [7, 11) is 0. The minimum absolute atomic E-state index is 0.0377. The van der Waals surface area contributed by atoms with E-state index in [1.165, 1.54) is 38.5 Å². The van der Waals surface area contributed by atoms with Crippen LogP contribution in [-0.4, -0.2) is 56.9 Å². The van der Waals surface area contributed by atoms with E-state index in [9.17, 15) is 0 Å². The molecule has 0 saturated carbocycles. The van der Waals surface area contributed by atoms with Crippen LogP contribution in [0.15, 0.2) is 0 Å². The number of nitrogens with zero attached hydrogens (tertiary/aromatic N) is 2. The SMILES string of the molecule is CCCCCCCCC(NCC)C(NCC)(N(C(C)(C)C)C(C)(C)C)N(C(C)(C)C)C(C)(C)C. The lowest BCUT2D eigenvalue weighted by molar-refractivity contribution is -0.235. The van der Waals surface area contributed by atoms with Gasteiger partial charge in [0.1, 0.15) is 5.79 Å².